The molecule has 3 aliphatic heterocycles. The molecule has 214 valence electrons. The van der Waals surface area contributed by atoms with E-state index in [-0.39, 0.29) is 24.0 Å². The van der Waals surface area contributed by atoms with E-state index in [0.717, 1.165) is 57.0 Å². The third-order valence-electron chi connectivity index (χ3n) is 8.21. The summed E-state index contributed by atoms with van der Waals surface area (Å²) in [6, 6.07) is 4.37. The summed E-state index contributed by atoms with van der Waals surface area (Å²) in [6.45, 7) is 17.9. The maximum atomic E-state index is 13.1. The van der Waals surface area contributed by atoms with Gasteiger partial charge in [0.1, 0.15) is 17.1 Å². The van der Waals surface area contributed by atoms with Gasteiger partial charge < -0.3 is 14.2 Å². The van der Waals surface area contributed by atoms with E-state index in [1.165, 1.54) is 41.7 Å². The first kappa shape index (κ1) is 31.3. The van der Waals surface area contributed by atoms with E-state index in [0.29, 0.717) is 29.3 Å². The summed E-state index contributed by atoms with van der Waals surface area (Å²) in [5.74, 6) is 2.32. The summed E-state index contributed by atoms with van der Waals surface area (Å²) in [5, 5.41) is 0.494. The Morgan fingerprint density at radius 1 is 1.18 bits per heavy atom. The molecule has 0 amide bonds. The number of halogens is 1. The predicted octanol–water partition coefficient (Wildman–Crippen LogP) is 7.85. The van der Waals surface area contributed by atoms with Gasteiger partial charge in [0.15, 0.2) is 0 Å². The monoisotopic (exact) mass is 565 g/mol. The van der Waals surface area contributed by atoms with Crippen LogP contribution in [0.4, 0.5) is 0 Å². The van der Waals surface area contributed by atoms with E-state index in [2.05, 4.69) is 58.6 Å². The smallest absolute Gasteiger partial charge is 0.311 e. The van der Waals surface area contributed by atoms with Gasteiger partial charge in [0.05, 0.1) is 18.8 Å². The van der Waals surface area contributed by atoms with E-state index in [9.17, 15) is 4.79 Å². The molecule has 1 aromatic rings. The number of ether oxygens (including phenoxy) is 3. The molecule has 0 spiro atoms. The Kier molecular flexibility index (Phi) is 11.5. The lowest BCUT2D eigenvalue weighted by atomic mass is 9.83. The predicted molar refractivity (Wildman–Crippen MR) is 161 cm³/mol. The normalized spacial score (nSPS) is 22.1. The number of morpholine rings is 1. The van der Waals surface area contributed by atoms with Gasteiger partial charge in [0.25, 0.3) is 0 Å². The average molecular weight is 566 g/mol. The van der Waals surface area contributed by atoms with Crippen molar-refractivity contribution >= 4 is 35.7 Å². The fourth-order valence-corrected chi connectivity index (χ4v) is 7.11. The molecule has 0 aliphatic carbocycles. The lowest BCUT2D eigenvalue weighted by Crippen LogP contribution is -2.37. The fraction of sp³-hybridized carbons (Fsp3) is 0.710. The number of unbranched alkanes of at least 4 members (excludes halogenated alkanes) is 2. The number of carbonyl (C=O) groups excluding carboxylic acids is 1. The zero-order valence-electron chi connectivity index (χ0n) is 24.3. The second kappa shape index (κ2) is 13.9. The van der Waals surface area contributed by atoms with Gasteiger partial charge in [0.2, 0.25) is 0 Å². The number of carbonyl (C=O) groups is 1. The van der Waals surface area contributed by atoms with E-state index in [4.69, 9.17) is 14.2 Å². The summed E-state index contributed by atoms with van der Waals surface area (Å²) in [4.78, 5) is 16.7. The summed E-state index contributed by atoms with van der Waals surface area (Å²) >= 11 is 1.90. The number of benzene rings is 1. The van der Waals surface area contributed by atoms with Crippen molar-refractivity contribution in [2.45, 2.75) is 103 Å². The largest absolute Gasteiger partial charge is 0.482 e. The van der Waals surface area contributed by atoms with Crippen molar-refractivity contribution in [2.24, 2.45) is 5.92 Å². The fourth-order valence-electron chi connectivity index (χ4n) is 5.81. The topological polar surface area (TPSA) is 48.0 Å². The number of fused-ring (bicyclic) bond motifs is 2. The zero-order chi connectivity index (χ0) is 26.6. The molecule has 4 rings (SSSR count). The van der Waals surface area contributed by atoms with Crippen molar-refractivity contribution in [3.8, 4) is 11.5 Å². The first-order valence-corrected chi connectivity index (χ1v) is 15.4. The van der Waals surface area contributed by atoms with Gasteiger partial charge in [-0.1, -0.05) is 53.4 Å². The molecular formula is C31H48ClNO4S. The van der Waals surface area contributed by atoms with Gasteiger partial charge in [-0.2, -0.15) is 0 Å². The summed E-state index contributed by atoms with van der Waals surface area (Å²) in [5.41, 5.74) is 3.14. The van der Waals surface area contributed by atoms with E-state index in [1.54, 1.807) is 0 Å². The molecular weight excluding hydrogens is 518 g/mol. The summed E-state index contributed by atoms with van der Waals surface area (Å²) in [7, 11) is 0. The molecule has 5 nitrogen and oxygen atoms in total. The van der Waals surface area contributed by atoms with Crippen LogP contribution in [0, 0.1) is 5.92 Å². The Morgan fingerprint density at radius 3 is 2.63 bits per heavy atom. The average Bonchev–Trinajstić information content (AvgIpc) is 3.26. The second-order valence-electron chi connectivity index (χ2n) is 11.7. The van der Waals surface area contributed by atoms with Crippen molar-refractivity contribution in [1.29, 1.82) is 0 Å². The van der Waals surface area contributed by atoms with Gasteiger partial charge >= 0.3 is 5.97 Å². The second-order valence-corrected chi connectivity index (χ2v) is 13.2. The molecule has 38 heavy (non-hydrogen) atoms. The molecule has 1 saturated heterocycles. The zero-order valence-corrected chi connectivity index (χ0v) is 25.9. The molecule has 3 atom stereocenters. The molecule has 0 saturated carbocycles. The highest BCUT2D eigenvalue weighted by Gasteiger charge is 2.42. The molecule has 3 aliphatic rings. The van der Waals surface area contributed by atoms with Crippen LogP contribution in [0.5, 0.6) is 11.5 Å². The first-order valence-electron chi connectivity index (χ1n) is 14.5. The molecule has 7 heteroatoms. The van der Waals surface area contributed by atoms with Gasteiger partial charge in [-0.05, 0) is 68.3 Å². The number of hydrogen-bond acceptors (Lipinski definition) is 6. The van der Waals surface area contributed by atoms with Crippen molar-refractivity contribution < 1.29 is 19.0 Å². The number of nitrogens with zero attached hydrogens (tertiary/aromatic N) is 1. The van der Waals surface area contributed by atoms with Crippen LogP contribution >= 0.6 is 24.2 Å². The third kappa shape index (κ3) is 7.50. The van der Waals surface area contributed by atoms with E-state index >= 15 is 0 Å². The van der Waals surface area contributed by atoms with E-state index < -0.39 is 0 Å². The van der Waals surface area contributed by atoms with Crippen LogP contribution in [0.25, 0.3) is 5.57 Å². The Hall–Kier alpha value is -1.21. The maximum Gasteiger partial charge on any atom is 0.311 e. The molecule has 1 fully saturated rings. The first-order chi connectivity index (χ1) is 17.7. The van der Waals surface area contributed by atoms with Gasteiger partial charge in [-0.15, -0.1) is 24.2 Å². The maximum absolute atomic E-state index is 13.1. The molecule has 0 N–H and O–H groups in total. The molecule has 3 heterocycles. The molecule has 0 radical (unpaired) electrons. The Bertz CT molecular complexity index is 988. The highest BCUT2D eigenvalue weighted by molar-refractivity contribution is 8.04. The molecule has 3 unspecified atom stereocenters. The van der Waals surface area contributed by atoms with Gasteiger partial charge in [-0.3, -0.25) is 9.69 Å². The van der Waals surface area contributed by atoms with Crippen molar-refractivity contribution in [1.82, 2.24) is 4.90 Å². The lowest BCUT2D eigenvalue weighted by molar-refractivity contribution is -0.134. The van der Waals surface area contributed by atoms with Crippen molar-refractivity contribution in [2.75, 3.05) is 32.8 Å². The van der Waals surface area contributed by atoms with Crippen LogP contribution < -0.4 is 9.47 Å². The number of esters is 1. The van der Waals surface area contributed by atoms with Crippen LogP contribution in [0.3, 0.4) is 0 Å². The Morgan fingerprint density at radius 2 is 1.92 bits per heavy atom. The minimum atomic E-state index is -0.369. The third-order valence-corrected chi connectivity index (χ3v) is 9.75. The van der Waals surface area contributed by atoms with Crippen LogP contribution in [0.2, 0.25) is 0 Å². The highest BCUT2D eigenvalue weighted by Crippen LogP contribution is 2.56. The minimum Gasteiger partial charge on any atom is -0.482 e. The van der Waals surface area contributed by atoms with Crippen LogP contribution in [0.15, 0.2) is 17.0 Å². The van der Waals surface area contributed by atoms with Crippen molar-refractivity contribution in [3.63, 3.8) is 0 Å². The van der Waals surface area contributed by atoms with E-state index in [1.807, 2.05) is 11.8 Å². The van der Waals surface area contributed by atoms with Crippen LogP contribution in [-0.2, 0) is 9.53 Å². The Balaban J connectivity index is 0.00000400. The van der Waals surface area contributed by atoms with Crippen LogP contribution in [-0.4, -0.2) is 54.6 Å². The van der Waals surface area contributed by atoms with Gasteiger partial charge in [-0.25, -0.2) is 0 Å². The number of thioether (sulfide) groups is 1. The van der Waals surface area contributed by atoms with Crippen LogP contribution in [0.1, 0.15) is 104 Å². The quantitative estimate of drug-likeness (QED) is 0.155. The lowest BCUT2D eigenvalue weighted by Gasteiger charge is -2.35. The minimum absolute atomic E-state index is 0. The molecule has 1 aromatic carbocycles. The Labute approximate surface area is 240 Å². The van der Waals surface area contributed by atoms with Crippen molar-refractivity contribution in [3.05, 3.63) is 28.2 Å². The van der Waals surface area contributed by atoms with Gasteiger partial charge in [0, 0.05) is 29.7 Å². The SMILES string of the molecule is CCCCCC(C)C(C)c1cc(OC(=O)CCCN2CCOCC2)c2c(c1)OC(C)(C)C1=C2CC(C)S1.Cl. The molecule has 0 aromatic heterocycles. The summed E-state index contributed by atoms with van der Waals surface area (Å²) < 4.78 is 18.3. The standard InChI is InChI=1S/C31H47NO4S.ClH/c1-7-8-9-11-21(2)23(4)24-19-26(35-28(33)12-10-13-32-14-16-34-17-15-32)29-25-18-22(3)37-30(25)31(5,6)36-27(29)20-24;/h19-23H,7-18H2,1-6H3;1H. The molecule has 0 bridgehead atoms. The summed E-state index contributed by atoms with van der Waals surface area (Å²) in [6.07, 6.45) is 7.18. The number of hydrogen-bond donors (Lipinski definition) is 0. The highest BCUT2D eigenvalue weighted by atomic mass is 35.5. The number of allylic oxidation sites excluding steroid dienone is 1. The number of rotatable bonds is 11.